The summed E-state index contributed by atoms with van der Waals surface area (Å²) in [5, 5.41) is 3.82. The maximum atomic E-state index is 3.82. The Balaban J connectivity index is 1.50. The molecule has 1 saturated heterocycles. The molecular formula is C18H34N2. The van der Waals surface area contributed by atoms with Gasteiger partial charge >= 0.3 is 0 Å². The van der Waals surface area contributed by atoms with Crippen LogP contribution in [-0.4, -0.2) is 36.6 Å². The highest BCUT2D eigenvalue weighted by molar-refractivity contribution is 4.94. The van der Waals surface area contributed by atoms with E-state index in [1.54, 1.807) is 0 Å². The fourth-order valence-corrected chi connectivity index (χ4v) is 4.48. The second-order valence-corrected chi connectivity index (χ2v) is 7.66. The van der Waals surface area contributed by atoms with Gasteiger partial charge in [-0.1, -0.05) is 33.1 Å². The first-order chi connectivity index (χ1) is 9.80. The second-order valence-electron chi connectivity index (χ2n) is 7.66. The van der Waals surface area contributed by atoms with Crippen LogP contribution in [-0.2, 0) is 0 Å². The first-order valence-corrected chi connectivity index (χ1v) is 9.27. The fourth-order valence-electron chi connectivity index (χ4n) is 4.48. The lowest BCUT2D eigenvalue weighted by molar-refractivity contribution is 0.0859. The normalized spacial score (nSPS) is 39.9. The van der Waals surface area contributed by atoms with Gasteiger partial charge in [0.2, 0.25) is 0 Å². The largest absolute Gasteiger partial charge is 0.311 e. The Kier molecular flexibility index (Phi) is 5.04. The third-order valence-electron chi connectivity index (χ3n) is 6.26. The molecule has 116 valence electrons. The monoisotopic (exact) mass is 278 g/mol. The average Bonchev–Trinajstić information content (AvgIpc) is 3.33. The van der Waals surface area contributed by atoms with Crippen molar-refractivity contribution in [3.8, 4) is 0 Å². The number of nitrogens with zero attached hydrogens (tertiary/aromatic N) is 1. The molecule has 0 aromatic carbocycles. The molecule has 0 aromatic heterocycles. The first kappa shape index (κ1) is 14.8. The summed E-state index contributed by atoms with van der Waals surface area (Å²) >= 11 is 0. The van der Waals surface area contributed by atoms with Gasteiger partial charge in [0.25, 0.3) is 0 Å². The molecule has 2 atom stereocenters. The van der Waals surface area contributed by atoms with E-state index in [9.17, 15) is 0 Å². The summed E-state index contributed by atoms with van der Waals surface area (Å²) < 4.78 is 0. The van der Waals surface area contributed by atoms with Gasteiger partial charge in [-0.05, 0) is 49.9 Å². The van der Waals surface area contributed by atoms with Crippen molar-refractivity contribution in [2.45, 2.75) is 77.3 Å². The minimum Gasteiger partial charge on any atom is -0.311 e. The molecule has 2 saturated carbocycles. The Hall–Kier alpha value is -0.0800. The van der Waals surface area contributed by atoms with Gasteiger partial charge in [0.15, 0.2) is 0 Å². The van der Waals surface area contributed by atoms with Crippen LogP contribution in [0.1, 0.15) is 65.2 Å². The molecule has 0 amide bonds. The molecule has 3 aliphatic rings. The van der Waals surface area contributed by atoms with Gasteiger partial charge in [-0.2, -0.15) is 0 Å². The minimum atomic E-state index is 0.800. The summed E-state index contributed by atoms with van der Waals surface area (Å²) in [7, 11) is 0. The van der Waals surface area contributed by atoms with Crippen molar-refractivity contribution in [3.05, 3.63) is 0 Å². The Morgan fingerprint density at radius 3 is 2.20 bits per heavy atom. The lowest BCUT2D eigenvalue weighted by Crippen LogP contribution is -2.58. The van der Waals surface area contributed by atoms with E-state index in [0.29, 0.717) is 0 Å². The summed E-state index contributed by atoms with van der Waals surface area (Å²) in [6, 6.07) is 1.61. The lowest BCUT2D eigenvalue weighted by atomic mass is 9.80. The van der Waals surface area contributed by atoms with E-state index in [1.165, 1.54) is 71.0 Å². The van der Waals surface area contributed by atoms with Crippen LogP contribution in [0.5, 0.6) is 0 Å². The van der Waals surface area contributed by atoms with Crippen molar-refractivity contribution in [3.63, 3.8) is 0 Å². The second kappa shape index (κ2) is 6.79. The van der Waals surface area contributed by atoms with E-state index in [0.717, 1.165) is 29.8 Å². The molecule has 0 aromatic rings. The summed E-state index contributed by atoms with van der Waals surface area (Å²) in [6.45, 7) is 8.69. The topological polar surface area (TPSA) is 15.3 Å². The zero-order valence-corrected chi connectivity index (χ0v) is 13.6. The molecule has 2 heteroatoms. The third-order valence-corrected chi connectivity index (χ3v) is 6.26. The van der Waals surface area contributed by atoms with Gasteiger partial charge in [-0.3, -0.25) is 4.90 Å². The van der Waals surface area contributed by atoms with Crippen LogP contribution in [0.15, 0.2) is 0 Å². The molecule has 3 rings (SSSR count). The van der Waals surface area contributed by atoms with E-state index in [1.807, 2.05) is 0 Å². The summed E-state index contributed by atoms with van der Waals surface area (Å²) in [5.74, 6) is 3.03. The molecule has 20 heavy (non-hydrogen) atoms. The van der Waals surface area contributed by atoms with Crippen LogP contribution in [0.4, 0.5) is 0 Å². The Bertz CT molecular complexity index is 292. The molecule has 0 bridgehead atoms. The molecule has 1 aliphatic heterocycles. The van der Waals surface area contributed by atoms with Gasteiger partial charge in [-0.25, -0.2) is 0 Å². The predicted octanol–water partition coefficient (Wildman–Crippen LogP) is 3.67. The Labute approximate surface area is 125 Å². The van der Waals surface area contributed by atoms with Crippen LogP contribution in [0.3, 0.4) is 0 Å². The number of hydrogen-bond donors (Lipinski definition) is 1. The van der Waals surface area contributed by atoms with E-state index < -0.39 is 0 Å². The Morgan fingerprint density at radius 2 is 1.60 bits per heavy atom. The molecule has 0 radical (unpaired) electrons. The molecule has 2 unspecified atom stereocenters. The number of piperazine rings is 1. The van der Waals surface area contributed by atoms with Crippen molar-refractivity contribution < 1.29 is 0 Å². The molecule has 1 N–H and O–H groups in total. The number of rotatable bonds is 5. The molecule has 2 nitrogen and oxygen atoms in total. The zero-order chi connectivity index (χ0) is 13.9. The SMILES string of the molecule is CCC1CCC(CN2CC(C3CC3)NCC2CC)CC1. The van der Waals surface area contributed by atoms with Gasteiger partial charge < -0.3 is 5.32 Å². The van der Waals surface area contributed by atoms with E-state index in [4.69, 9.17) is 0 Å². The minimum absolute atomic E-state index is 0.800. The van der Waals surface area contributed by atoms with Gasteiger partial charge in [0.05, 0.1) is 0 Å². The van der Waals surface area contributed by atoms with Gasteiger partial charge in [0.1, 0.15) is 0 Å². The standard InChI is InChI=1S/C18H34N2/c1-3-14-5-7-15(8-6-14)12-20-13-18(16-9-10-16)19-11-17(20)4-2/h14-19H,3-13H2,1-2H3. The Morgan fingerprint density at radius 1 is 0.900 bits per heavy atom. The van der Waals surface area contributed by atoms with Crippen molar-refractivity contribution in [1.82, 2.24) is 10.2 Å². The highest BCUT2D eigenvalue weighted by Gasteiger charge is 2.37. The highest BCUT2D eigenvalue weighted by Crippen LogP contribution is 2.36. The van der Waals surface area contributed by atoms with E-state index in [2.05, 4.69) is 24.1 Å². The van der Waals surface area contributed by atoms with Crippen LogP contribution in [0.25, 0.3) is 0 Å². The molecule has 1 heterocycles. The quantitative estimate of drug-likeness (QED) is 0.825. The first-order valence-electron chi connectivity index (χ1n) is 9.27. The van der Waals surface area contributed by atoms with Gasteiger partial charge in [0, 0.05) is 31.7 Å². The maximum Gasteiger partial charge on any atom is 0.0224 e. The number of nitrogens with one attached hydrogen (secondary N) is 1. The molecule has 0 spiro atoms. The van der Waals surface area contributed by atoms with Crippen molar-refractivity contribution in [2.24, 2.45) is 17.8 Å². The van der Waals surface area contributed by atoms with Crippen LogP contribution in [0.2, 0.25) is 0 Å². The predicted molar refractivity (Wildman–Crippen MR) is 85.9 cm³/mol. The summed E-state index contributed by atoms with van der Waals surface area (Å²) in [6.07, 6.45) is 11.6. The van der Waals surface area contributed by atoms with Crippen LogP contribution in [0, 0.1) is 17.8 Å². The average molecular weight is 278 g/mol. The molecular weight excluding hydrogens is 244 g/mol. The highest BCUT2D eigenvalue weighted by atomic mass is 15.2. The van der Waals surface area contributed by atoms with Crippen LogP contribution >= 0.6 is 0 Å². The van der Waals surface area contributed by atoms with Crippen molar-refractivity contribution >= 4 is 0 Å². The van der Waals surface area contributed by atoms with E-state index >= 15 is 0 Å². The third kappa shape index (κ3) is 3.57. The van der Waals surface area contributed by atoms with Crippen molar-refractivity contribution in [1.29, 1.82) is 0 Å². The summed E-state index contributed by atoms with van der Waals surface area (Å²) in [5.41, 5.74) is 0. The smallest absolute Gasteiger partial charge is 0.0224 e. The molecule has 2 aliphatic carbocycles. The van der Waals surface area contributed by atoms with Crippen LogP contribution < -0.4 is 5.32 Å². The fraction of sp³-hybridized carbons (Fsp3) is 1.00. The number of hydrogen-bond acceptors (Lipinski definition) is 2. The zero-order valence-electron chi connectivity index (χ0n) is 13.6. The van der Waals surface area contributed by atoms with E-state index in [-0.39, 0.29) is 0 Å². The van der Waals surface area contributed by atoms with Gasteiger partial charge in [-0.15, -0.1) is 0 Å². The molecule has 3 fully saturated rings. The summed E-state index contributed by atoms with van der Waals surface area (Å²) in [4.78, 5) is 2.86. The maximum absolute atomic E-state index is 3.82. The lowest BCUT2D eigenvalue weighted by Gasteiger charge is -2.43. The van der Waals surface area contributed by atoms with Crippen molar-refractivity contribution in [2.75, 3.05) is 19.6 Å².